The summed E-state index contributed by atoms with van der Waals surface area (Å²) in [6, 6.07) is 3.24. The minimum atomic E-state index is -1.06. The highest BCUT2D eigenvalue weighted by Crippen LogP contribution is 2.18. The van der Waals surface area contributed by atoms with Crippen molar-refractivity contribution in [1.82, 2.24) is 15.0 Å². The molecule has 0 fully saturated rings. The van der Waals surface area contributed by atoms with E-state index >= 15 is 0 Å². The zero-order valence-corrected chi connectivity index (χ0v) is 9.51. The Bertz CT molecular complexity index is 534. The van der Waals surface area contributed by atoms with Crippen LogP contribution in [0.15, 0.2) is 24.5 Å². The molecule has 0 amide bonds. The quantitative estimate of drug-likeness (QED) is 0.831. The number of H-pyrrole nitrogens is 1. The predicted molar refractivity (Wildman–Crippen MR) is 63.1 cm³/mol. The normalized spacial score (nSPS) is 10.2. The van der Waals surface area contributed by atoms with Crippen molar-refractivity contribution in [3.63, 3.8) is 0 Å². The van der Waals surface area contributed by atoms with E-state index in [4.69, 9.17) is 5.11 Å². The lowest BCUT2D eigenvalue weighted by Gasteiger charge is -2.12. The van der Waals surface area contributed by atoms with Crippen molar-refractivity contribution in [3.05, 3.63) is 30.2 Å². The van der Waals surface area contributed by atoms with Crippen molar-refractivity contribution in [3.8, 4) is 11.4 Å². The molecule has 0 aliphatic heterocycles. The molecule has 17 heavy (non-hydrogen) atoms. The standard InChI is InChI=1S/C11H12N4O2/c1-15(2)9-5-8(11(16)17)13-10(14-9)7-3-4-12-6-7/h3-6,12H,1-2H3,(H,16,17). The number of hydrogen-bond acceptors (Lipinski definition) is 4. The Morgan fingerprint density at radius 2 is 2.18 bits per heavy atom. The summed E-state index contributed by atoms with van der Waals surface area (Å²) in [5.74, 6) is -0.101. The molecule has 88 valence electrons. The summed E-state index contributed by atoms with van der Waals surface area (Å²) in [5.41, 5.74) is 0.746. The highest BCUT2D eigenvalue weighted by molar-refractivity contribution is 5.87. The largest absolute Gasteiger partial charge is 0.477 e. The van der Waals surface area contributed by atoms with Crippen molar-refractivity contribution in [1.29, 1.82) is 0 Å². The van der Waals surface area contributed by atoms with Gasteiger partial charge in [-0.2, -0.15) is 0 Å². The van der Waals surface area contributed by atoms with Crippen LogP contribution in [0.25, 0.3) is 11.4 Å². The van der Waals surface area contributed by atoms with E-state index < -0.39 is 5.97 Å². The van der Waals surface area contributed by atoms with E-state index in [0.717, 1.165) is 5.56 Å². The number of anilines is 1. The molecule has 6 heteroatoms. The third-order valence-corrected chi connectivity index (χ3v) is 2.25. The van der Waals surface area contributed by atoms with Crippen molar-refractivity contribution < 1.29 is 9.90 Å². The lowest BCUT2D eigenvalue weighted by molar-refractivity contribution is 0.0690. The fourth-order valence-corrected chi connectivity index (χ4v) is 1.37. The highest BCUT2D eigenvalue weighted by atomic mass is 16.4. The first-order valence-electron chi connectivity index (χ1n) is 5.01. The van der Waals surface area contributed by atoms with Gasteiger partial charge in [0.2, 0.25) is 0 Å². The molecule has 0 aliphatic carbocycles. The Kier molecular flexibility index (Phi) is 2.78. The molecule has 2 heterocycles. The average molecular weight is 232 g/mol. The molecule has 0 bridgehead atoms. The van der Waals surface area contributed by atoms with Crippen molar-refractivity contribution >= 4 is 11.8 Å². The van der Waals surface area contributed by atoms with Gasteiger partial charge < -0.3 is 15.0 Å². The number of carboxylic acid groups (broad SMARTS) is 1. The van der Waals surface area contributed by atoms with Crippen molar-refractivity contribution in [2.24, 2.45) is 0 Å². The summed E-state index contributed by atoms with van der Waals surface area (Å²) in [5, 5.41) is 9.00. The molecule has 0 aromatic carbocycles. The van der Waals surface area contributed by atoms with Crippen LogP contribution in [0, 0.1) is 0 Å². The molecular formula is C11H12N4O2. The maximum Gasteiger partial charge on any atom is 0.354 e. The summed E-state index contributed by atoms with van der Waals surface area (Å²) in [6.45, 7) is 0. The van der Waals surface area contributed by atoms with Crippen LogP contribution >= 0.6 is 0 Å². The monoisotopic (exact) mass is 232 g/mol. The fraction of sp³-hybridized carbons (Fsp3) is 0.182. The molecule has 0 spiro atoms. The number of aromatic nitrogens is 3. The van der Waals surface area contributed by atoms with Crippen LogP contribution in [0.4, 0.5) is 5.82 Å². The number of nitrogens with one attached hydrogen (secondary N) is 1. The number of hydrogen-bond donors (Lipinski definition) is 2. The summed E-state index contributed by atoms with van der Waals surface area (Å²) < 4.78 is 0. The number of carbonyl (C=O) groups is 1. The molecule has 6 nitrogen and oxygen atoms in total. The Morgan fingerprint density at radius 1 is 1.41 bits per heavy atom. The number of carboxylic acids is 1. The highest BCUT2D eigenvalue weighted by Gasteiger charge is 2.12. The van der Waals surface area contributed by atoms with Crippen LogP contribution in [-0.2, 0) is 0 Å². The van der Waals surface area contributed by atoms with E-state index in [1.807, 2.05) is 0 Å². The van der Waals surface area contributed by atoms with Gasteiger partial charge in [0, 0.05) is 38.1 Å². The average Bonchev–Trinajstić information content (AvgIpc) is 2.81. The molecule has 0 saturated heterocycles. The summed E-state index contributed by atoms with van der Waals surface area (Å²) in [7, 11) is 3.60. The van der Waals surface area contributed by atoms with Gasteiger partial charge in [0.25, 0.3) is 0 Å². The second-order valence-electron chi connectivity index (χ2n) is 3.73. The number of aromatic carboxylic acids is 1. The molecule has 0 aliphatic rings. The topological polar surface area (TPSA) is 82.1 Å². The van der Waals surface area contributed by atoms with Gasteiger partial charge in [-0.05, 0) is 6.07 Å². The number of aromatic amines is 1. The third kappa shape index (κ3) is 2.25. The van der Waals surface area contributed by atoms with Gasteiger partial charge in [-0.25, -0.2) is 14.8 Å². The summed E-state index contributed by atoms with van der Waals surface area (Å²) >= 11 is 0. The second kappa shape index (κ2) is 4.25. The number of rotatable bonds is 3. The Balaban J connectivity index is 2.56. The Hall–Kier alpha value is -2.37. The molecule has 2 rings (SSSR count). The van der Waals surface area contributed by atoms with Crippen LogP contribution in [0.5, 0.6) is 0 Å². The van der Waals surface area contributed by atoms with Crippen LogP contribution in [-0.4, -0.2) is 40.1 Å². The van der Waals surface area contributed by atoms with E-state index in [1.54, 1.807) is 37.5 Å². The minimum absolute atomic E-state index is 0.0140. The first-order chi connectivity index (χ1) is 8.08. The van der Waals surface area contributed by atoms with Gasteiger partial charge >= 0.3 is 5.97 Å². The van der Waals surface area contributed by atoms with Crippen LogP contribution in [0.1, 0.15) is 10.5 Å². The van der Waals surface area contributed by atoms with Crippen LogP contribution in [0.2, 0.25) is 0 Å². The smallest absolute Gasteiger partial charge is 0.354 e. The minimum Gasteiger partial charge on any atom is -0.477 e. The molecule has 2 aromatic rings. The van der Waals surface area contributed by atoms with Gasteiger partial charge in [0.1, 0.15) is 5.82 Å². The second-order valence-corrected chi connectivity index (χ2v) is 3.73. The predicted octanol–water partition coefficient (Wildman–Crippen LogP) is 1.24. The van der Waals surface area contributed by atoms with E-state index in [1.165, 1.54) is 6.07 Å². The van der Waals surface area contributed by atoms with E-state index in [0.29, 0.717) is 11.6 Å². The van der Waals surface area contributed by atoms with Crippen LogP contribution < -0.4 is 4.90 Å². The van der Waals surface area contributed by atoms with Gasteiger partial charge in [-0.3, -0.25) is 0 Å². The first kappa shape index (κ1) is 11.1. The van der Waals surface area contributed by atoms with Crippen LogP contribution in [0.3, 0.4) is 0 Å². The Labute approximate surface area is 97.9 Å². The van der Waals surface area contributed by atoms with Gasteiger partial charge in [0.05, 0.1) is 0 Å². The van der Waals surface area contributed by atoms with E-state index in [-0.39, 0.29) is 5.69 Å². The summed E-state index contributed by atoms with van der Waals surface area (Å²) in [6.07, 6.45) is 3.46. The molecule has 2 N–H and O–H groups in total. The lowest BCUT2D eigenvalue weighted by Crippen LogP contribution is -2.14. The van der Waals surface area contributed by atoms with Gasteiger partial charge in [-0.1, -0.05) is 0 Å². The SMILES string of the molecule is CN(C)c1cc(C(=O)O)nc(-c2cc[nH]c2)n1. The fourth-order valence-electron chi connectivity index (χ4n) is 1.37. The summed E-state index contributed by atoms with van der Waals surface area (Å²) in [4.78, 5) is 23.9. The van der Waals surface area contributed by atoms with Gasteiger partial charge in [0.15, 0.2) is 11.5 Å². The van der Waals surface area contributed by atoms with Crippen molar-refractivity contribution in [2.75, 3.05) is 19.0 Å². The molecule has 2 aromatic heterocycles. The molecule has 0 radical (unpaired) electrons. The van der Waals surface area contributed by atoms with E-state index in [2.05, 4.69) is 15.0 Å². The molecule has 0 atom stereocenters. The maximum atomic E-state index is 11.0. The molecule has 0 saturated carbocycles. The zero-order valence-electron chi connectivity index (χ0n) is 9.51. The van der Waals surface area contributed by atoms with E-state index in [9.17, 15) is 4.79 Å². The van der Waals surface area contributed by atoms with Gasteiger partial charge in [-0.15, -0.1) is 0 Å². The lowest BCUT2D eigenvalue weighted by atomic mass is 10.3. The zero-order chi connectivity index (χ0) is 12.4. The molecular weight excluding hydrogens is 220 g/mol. The Morgan fingerprint density at radius 3 is 2.71 bits per heavy atom. The third-order valence-electron chi connectivity index (χ3n) is 2.25. The first-order valence-corrected chi connectivity index (χ1v) is 5.01. The molecule has 0 unspecified atom stereocenters. The number of nitrogens with zero attached hydrogens (tertiary/aromatic N) is 3. The van der Waals surface area contributed by atoms with Crippen molar-refractivity contribution in [2.45, 2.75) is 0 Å². The maximum absolute atomic E-state index is 11.0.